The topological polar surface area (TPSA) is 51.2 Å². The summed E-state index contributed by atoms with van der Waals surface area (Å²) in [4.78, 5) is 16.3. The van der Waals surface area contributed by atoms with Crippen LogP contribution in [0.3, 0.4) is 0 Å². The molecule has 1 aromatic heterocycles. The lowest BCUT2D eigenvalue weighted by Gasteiger charge is -2.25. The molecule has 0 radical (unpaired) electrons. The summed E-state index contributed by atoms with van der Waals surface area (Å²) >= 11 is 7.31. The van der Waals surface area contributed by atoms with Gasteiger partial charge in [0.1, 0.15) is 10.8 Å². The highest BCUT2D eigenvalue weighted by Gasteiger charge is 2.29. The van der Waals surface area contributed by atoms with Crippen LogP contribution in [-0.4, -0.2) is 16.5 Å². The van der Waals surface area contributed by atoms with Gasteiger partial charge in [0.2, 0.25) is 0 Å². The number of aromatic nitrogens is 1. The summed E-state index contributed by atoms with van der Waals surface area (Å²) in [5.41, 5.74) is -0.967. The highest BCUT2D eigenvalue weighted by atomic mass is 35.5. The normalized spacial score (nSPS) is 11.2. The molecule has 0 fully saturated rings. The van der Waals surface area contributed by atoms with Crippen LogP contribution in [0.25, 0.3) is 0 Å². The maximum atomic E-state index is 12.1. The molecule has 0 saturated carbocycles. The molecular formula is C14H15ClN2O2S. The van der Waals surface area contributed by atoms with Crippen LogP contribution in [0.2, 0.25) is 5.02 Å². The number of nitrogens with zero attached hydrogens (tertiary/aromatic N) is 1. The van der Waals surface area contributed by atoms with Crippen molar-refractivity contribution in [2.75, 3.05) is 0 Å². The molecule has 0 atom stereocenters. The van der Waals surface area contributed by atoms with E-state index in [2.05, 4.69) is 10.3 Å². The van der Waals surface area contributed by atoms with E-state index in [-0.39, 0.29) is 5.91 Å². The van der Waals surface area contributed by atoms with Gasteiger partial charge in [0.15, 0.2) is 5.60 Å². The fraction of sp³-hybridized carbons (Fsp3) is 0.286. The van der Waals surface area contributed by atoms with Gasteiger partial charge in [-0.05, 0) is 38.1 Å². The quantitative estimate of drug-likeness (QED) is 0.922. The molecular weight excluding hydrogens is 296 g/mol. The molecule has 2 aromatic rings. The summed E-state index contributed by atoms with van der Waals surface area (Å²) in [5.74, 6) is 0.409. The van der Waals surface area contributed by atoms with E-state index in [0.29, 0.717) is 17.3 Å². The lowest BCUT2D eigenvalue weighted by molar-refractivity contribution is -0.134. The van der Waals surface area contributed by atoms with Gasteiger partial charge >= 0.3 is 0 Å². The minimum Gasteiger partial charge on any atom is -0.478 e. The lowest BCUT2D eigenvalue weighted by atomic mass is 10.1. The number of thiazole rings is 1. The number of amides is 1. The van der Waals surface area contributed by atoms with E-state index >= 15 is 0 Å². The molecule has 0 saturated heterocycles. The first kappa shape index (κ1) is 14.8. The highest BCUT2D eigenvalue weighted by Crippen LogP contribution is 2.21. The van der Waals surface area contributed by atoms with Crippen LogP contribution in [0, 0.1) is 0 Å². The maximum absolute atomic E-state index is 12.1. The minimum absolute atomic E-state index is 0.192. The van der Waals surface area contributed by atoms with Crippen molar-refractivity contribution < 1.29 is 9.53 Å². The number of hydrogen-bond acceptors (Lipinski definition) is 4. The highest BCUT2D eigenvalue weighted by molar-refractivity contribution is 7.09. The van der Waals surface area contributed by atoms with Gasteiger partial charge in [0.25, 0.3) is 5.91 Å². The molecule has 4 nitrogen and oxygen atoms in total. The summed E-state index contributed by atoms with van der Waals surface area (Å²) < 4.78 is 5.70. The smallest absolute Gasteiger partial charge is 0.263 e. The number of hydrogen-bond donors (Lipinski definition) is 1. The van der Waals surface area contributed by atoms with Crippen molar-refractivity contribution in [2.24, 2.45) is 0 Å². The molecule has 0 aliphatic heterocycles. The van der Waals surface area contributed by atoms with Crippen molar-refractivity contribution >= 4 is 28.8 Å². The molecule has 1 amide bonds. The monoisotopic (exact) mass is 310 g/mol. The molecule has 0 bridgehead atoms. The van der Waals surface area contributed by atoms with E-state index < -0.39 is 5.60 Å². The molecule has 6 heteroatoms. The number of rotatable bonds is 5. The first-order valence-electron chi connectivity index (χ1n) is 6.08. The van der Waals surface area contributed by atoms with Gasteiger partial charge < -0.3 is 10.1 Å². The molecule has 2 rings (SSSR count). The van der Waals surface area contributed by atoms with Crippen LogP contribution in [-0.2, 0) is 11.3 Å². The van der Waals surface area contributed by atoms with Crippen molar-refractivity contribution in [3.05, 3.63) is 45.9 Å². The third-order valence-electron chi connectivity index (χ3n) is 2.62. The fourth-order valence-corrected chi connectivity index (χ4v) is 2.23. The van der Waals surface area contributed by atoms with Gasteiger partial charge in [-0.3, -0.25) is 4.79 Å². The molecule has 1 N–H and O–H groups in total. The predicted molar refractivity (Wildman–Crippen MR) is 80.1 cm³/mol. The number of halogens is 1. The zero-order chi connectivity index (χ0) is 14.6. The minimum atomic E-state index is -0.967. The third-order valence-corrected chi connectivity index (χ3v) is 3.65. The molecule has 0 aliphatic rings. The largest absolute Gasteiger partial charge is 0.478 e. The molecule has 1 aromatic carbocycles. The number of ether oxygens (including phenoxy) is 1. The van der Waals surface area contributed by atoms with Crippen molar-refractivity contribution in [3.63, 3.8) is 0 Å². The second-order valence-corrected chi connectivity index (χ2v) is 6.09. The van der Waals surface area contributed by atoms with Gasteiger partial charge in [-0.15, -0.1) is 11.3 Å². The Morgan fingerprint density at radius 1 is 1.40 bits per heavy atom. The standard InChI is InChI=1S/C14H15ClN2O2S/c1-14(2,19-11-5-3-10(15)4-6-11)13(18)17-9-12-16-7-8-20-12/h3-8H,9H2,1-2H3,(H,17,18). The van der Waals surface area contributed by atoms with Crippen LogP contribution in [0.4, 0.5) is 0 Å². The van der Waals surface area contributed by atoms with E-state index in [4.69, 9.17) is 16.3 Å². The summed E-state index contributed by atoms with van der Waals surface area (Å²) in [6, 6.07) is 6.91. The lowest BCUT2D eigenvalue weighted by Crippen LogP contribution is -2.46. The summed E-state index contributed by atoms with van der Waals surface area (Å²) in [6.45, 7) is 3.85. The fourth-order valence-electron chi connectivity index (χ4n) is 1.55. The molecule has 0 aliphatic carbocycles. The van der Waals surface area contributed by atoms with Crippen molar-refractivity contribution in [1.29, 1.82) is 0 Å². The molecule has 20 heavy (non-hydrogen) atoms. The van der Waals surface area contributed by atoms with Crippen molar-refractivity contribution in [3.8, 4) is 5.75 Å². The Bertz CT molecular complexity index is 567. The van der Waals surface area contributed by atoms with Crippen LogP contribution >= 0.6 is 22.9 Å². The zero-order valence-corrected chi connectivity index (χ0v) is 12.8. The maximum Gasteiger partial charge on any atom is 0.263 e. The number of benzene rings is 1. The van der Waals surface area contributed by atoms with E-state index in [9.17, 15) is 4.79 Å². The van der Waals surface area contributed by atoms with Crippen LogP contribution in [0.15, 0.2) is 35.8 Å². The number of nitrogens with one attached hydrogen (secondary N) is 1. The number of carbonyl (C=O) groups is 1. The van der Waals surface area contributed by atoms with Crippen molar-refractivity contribution in [1.82, 2.24) is 10.3 Å². The average molecular weight is 311 g/mol. The Balaban J connectivity index is 1.94. The van der Waals surface area contributed by atoms with Crippen LogP contribution in [0.1, 0.15) is 18.9 Å². The first-order chi connectivity index (χ1) is 9.47. The van der Waals surface area contributed by atoms with E-state index in [1.54, 1.807) is 44.3 Å². The average Bonchev–Trinajstić information content (AvgIpc) is 2.91. The second-order valence-electron chi connectivity index (χ2n) is 4.67. The summed E-state index contributed by atoms with van der Waals surface area (Å²) in [7, 11) is 0. The van der Waals surface area contributed by atoms with Crippen molar-refractivity contribution in [2.45, 2.75) is 26.0 Å². The summed E-state index contributed by atoms with van der Waals surface area (Å²) in [5, 5.41) is 6.18. The Hall–Kier alpha value is -1.59. The van der Waals surface area contributed by atoms with Gasteiger partial charge in [0, 0.05) is 16.6 Å². The predicted octanol–water partition coefficient (Wildman–Crippen LogP) is 3.27. The van der Waals surface area contributed by atoms with E-state index in [1.807, 2.05) is 5.38 Å². The summed E-state index contributed by atoms with van der Waals surface area (Å²) in [6.07, 6.45) is 1.71. The second kappa shape index (κ2) is 6.24. The number of carbonyl (C=O) groups excluding carboxylic acids is 1. The Kier molecular flexibility index (Phi) is 4.62. The van der Waals surface area contributed by atoms with Gasteiger partial charge in [-0.1, -0.05) is 11.6 Å². The zero-order valence-electron chi connectivity index (χ0n) is 11.2. The molecule has 106 valence electrons. The molecule has 0 spiro atoms. The van der Waals surface area contributed by atoms with Crippen LogP contribution in [0.5, 0.6) is 5.75 Å². The Morgan fingerprint density at radius 3 is 2.70 bits per heavy atom. The molecule has 1 heterocycles. The van der Waals surface area contributed by atoms with Gasteiger partial charge in [-0.2, -0.15) is 0 Å². The molecule has 0 unspecified atom stereocenters. The van der Waals surface area contributed by atoms with E-state index in [1.165, 1.54) is 11.3 Å². The SMILES string of the molecule is CC(C)(Oc1ccc(Cl)cc1)C(=O)NCc1nccs1. The first-order valence-corrected chi connectivity index (χ1v) is 7.34. The van der Waals surface area contributed by atoms with Gasteiger partial charge in [-0.25, -0.2) is 4.98 Å². The Morgan fingerprint density at radius 2 is 2.10 bits per heavy atom. The van der Waals surface area contributed by atoms with Gasteiger partial charge in [0.05, 0.1) is 6.54 Å². The third kappa shape index (κ3) is 3.95. The van der Waals surface area contributed by atoms with E-state index in [0.717, 1.165) is 5.01 Å². The van der Waals surface area contributed by atoms with Crippen LogP contribution < -0.4 is 10.1 Å². The Labute approximate surface area is 126 Å².